The van der Waals surface area contributed by atoms with Crippen LogP contribution in [-0.2, 0) is 10.3 Å². The predicted octanol–water partition coefficient (Wildman–Crippen LogP) is 2.87. The van der Waals surface area contributed by atoms with E-state index in [0.29, 0.717) is 28.6 Å². The summed E-state index contributed by atoms with van der Waals surface area (Å²) in [4.78, 5) is 25.4. The Morgan fingerprint density at radius 2 is 2.21 bits per heavy atom. The smallest absolute Gasteiger partial charge is 0.275 e. The second-order valence-corrected chi connectivity index (χ2v) is 9.73. The van der Waals surface area contributed by atoms with Crippen molar-refractivity contribution < 1.29 is 18.7 Å². The topological polar surface area (TPSA) is 112 Å². The second-order valence-electron chi connectivity index (χ2n) is 8.30. The van der Waals surface area contributed by atoms with E-state index in [1.165, 1.54) is 24.2 Å². The maximum atomic E-state index is 15.3. The number of benzene rings is 1. The average molecular weight is 470 g/mol. The van der Waals surface area contributed by atoms with Crippen molar-refractivity contribution in [2.24, 2.45) is 16.6 Å². The molecule has 0 bridgehead atoms. The summed E-state index contributed by atoms with van der Waals surface area (Å²) in [5, 5.41) is 3.17. The van der Waals surface area contributed by atoms with Gasteiger partial charge >= 0.3 is 0 Å². The number of carbonyl (C=O) groups is 1. The minimum atomic E-state index is -0.876. The van der Waals surface area contributed by atoms with Gasteiger partial charge in [0.15, 0.2) is 11.8 Å². The zero-order chi connectivity index (χ0) is 23.8. The molecule has 1 aromatic carbocycles. The number of aliphatic imine (C=N–C) groups is 1. The fourth-order valence-corrected chi connectivity index (χ4v) is 5.81. The summed E-state index contributed by atoms with van der Waals surface area (Å²) < 4.78 is 25.7. The van der Waals surface area contributed by atoms with Crippen LogP contribution in [0.15, 0.2) is 29.5 Å². The molecule has 172 valence electrons. The van der Waals surface area contributed by atoms with E-state index >= 15 is 4.39 Å². The number of anilines is 1. The molecule has 1 aliphatic carbocycles. The van der Waals surface area contributed by atoms with Crippen LogP contribution in [0.5, 0.6) is 5.88 Å². The quantitative estimate of drug-likeness (QED) is 0.600. The molecule has 0 spiro atoms. The number of fused-ring (bicyclic) bond motifs is 1. The van der Waals surface area contributed by atoms with Gasteiger partial charge in [-0.1, -0.05) is 17.7 Å². The number of ether oxygens (including phenoxy) is 2. The Bertz CT molecular complexity index is 1170. The molecular formula is C23H24FN5O3S. The number of hydrogen-bond donors (Lipinski definition) is 2. The summed E-state index contributed by atoms with van der Waals surface area (Å²) in [5.74, 6) is 1.74. The Labute approximate surface area is 195 Å². The largest absolute Gasteiger partial charge is 0.463 e. The molecule has 0 radical (unpaired) electrons. The maximum absolute atomic E-state index is 15.3. The lowest BCUT2D eigenvalue weighted by Gasteiger charge is -2.34. The van der Waals surface area contributed by atoms with Gasteiger partial charge in [-0.05, 0) is 38.0 Å². The first-order valence-corrected chi connectivity index (χ1v) is 11.1. The molecule has 10 heteroatoms. The van der Waals surface area contributed by atoms with Crippen LogP contribution in [0.1, 0.15) is 35.0 Å². The van der Waals surface area contributed by atoms with Gasteiger partial charge in [0.1, 0.15) is 11.5 Å². The zero-order valence-corrected chi connectivity index (χ0v) is 19.3. The lowest BCUT2D eigenvalue weighted by atomic mass is 9.84. The number of carbonyl (C=O) groups excluding carboxylic acids is 1. The van der Waals surface area contributed by atoms with Gasteiger partial charge in [0.05, 0.1) is 29.3 Å². The standard InChI is InChI=1S/C23H24FN5O3S/c1-5-6-32-18-11-26-16(10-27-18)20(30)28-14-7-13(2)19(24)15(8-14)22(3)17-9-23(17,12-31-4)33-21(25)29-22/h1,7-8,10-11,17H,6,9,12H2,2-4H3,(H2,25,29)(H,28,30)/t17-,22-,23+/m0/s1. The Hall–Kier alpha value is -3.16. The minimum absolute atomic E-state index is 0.0504. The molecule has 0 saturated heterocycles. The number of aryl methyl sites for hydroxylation is 1. The van der Waals surface area contributed by atoms with E-state index in [1.54, 1.807) is 26.2 Å². The van der Waals surface area contributed by atoms with Crippen molar-refractivity contribution in [3.63, 3.8) is 0 Å². The van der Waals surface area contributed by atoms with E-state index in [1.807, 2.05) is 6.92 Å². The molecule has 1 amide bonds. The maximum Gasteiger partial charge on any atom is 0.275 e. The van der Waals surface area contributed by atoms with Crippen molar-refractivity contribution in [3.05, 3.63) is 47.2 Å². The van der Waals surface area contributed by atoms with Crippen LogP contribution in [0.2, 0.25) is 0 Å². The third-order valence-electron chi connectivity index (χ3n) is 5.96. The van der Waals surface area contributed by atoms with Gasteiger partial charge in [0.25, 0.3) is 5.91 Å². The van der Waals surface area contributed by atoms with Gasteiger partial charge in [-0.25, -0.2) is 14.4 Å². The fourth-order valence-electron chi connectivity index (χ4n) is 4.36. The normalized spacial score (nSPS) is 25.4. The first kappa shape index (κ1) is 23.0. The molecular weight excluding hydrogens is 445 g/mol. The third kappa shape index (κ3) is 4.26. The SMILES string of the molecule is C#CCOc1cnc(C(=O)Nc2cc(C)c(F)c([C@]3(C)N=C(N)S[C@@]4(COC)C[C@H]43)c2)cn1. The lowest BCUT2D eigenvalue weighted by molar-refractivity contribution is 0.102. The average Bonchev–Trinajstić information content (AvgIpc) is 3.49. The van der Waals surface area contributed by atoms with Crippen LogP contribution >= 0.6 is 11.8 Å². The molecule has 33 heavy (non-hydrogen) atoms. The lowest BCUT2D eigenvalue weighted by Crippen LogP contribution is -2.37. The molecule has 0 unspecified atom stereocenters. The predicted molar refractivity (Wildman–Crippen MR) is 125 cm³/mol. The number of amides is 1. The third-order valence-corrected chi connectivity index (χ3v) is 7.24. The van der Waals surface area contributed by atoms with Gasteiger partial charge in [0.2, 0.25) is 5.88 Å². The highest BCUT2D eigenvalue weighted by atomic mass is 32.2. The number of rotatable bonds is 7. The van der Waals surface area contributed by atoms with Crippen molar-refractivity contribution in [1.29, 1.82) is 0 Å². The zero-order valence-electron chi connectivity index (χ0n) is 18.5. The number of nitrogens with zero attached hydrogens (tertiary/aromatic N) is 3. The molecule has 1 fully saturated rings. The van der Waals surface area contributed by atoms with Crippen molar-refractivity contribution in [2.45, 2.75) is 30.6 Å². The number of methoxy groups -OCH3 is 1. The number of terminal acetylenes is 1. The molecule has 2 heterocycles. The Balaban J connectivity index is 1.61. The highest BCUT2D eigenvalue weighted by Crippen LogP contribution is 2.66. The van der Waals surface area contributed by atoms with E-state index in [2.05, 4.69) is 26.2 Å². The summed E-state index contributed by atoms with van der Waals surface area (Å²) in [5.41, 5.74) is 6.53. The summed E-state index contributed by atoms with van der Waals surface area (Å²) >= 11 is 1.49. The van der Waals surface area contributed by atoms with Crippen LogP contribution < -0.4 is 15.8 Å². The molecule has 1 saturated carbocycles. The number of nitrogens with one attached hydrogen (secondary N) is 1. The molecule has 4 rings (SSSR count). The first-order chi connectivity index (χ1) is 15.7. The van der Waals surface area contributed by atoms with E-state index in [4.69, 9.17) is 21.6 Å². The van der Waals surface area contributed by atoms with Crippen LogP contribution in [0.25, 0.3) is 0 Å². The molecule has 8 nitrogen and oxygen atoms in total. The monoisotopic (exact) mass is 469 g/mol. The molecule has 1 aromatic heterocycles. The van der Waals surface area contributed by atoms with Crippen molar-refractivity contribution >= 4 is 28.5 Å². The van der Waals surface area contributed by atoms with E-state index < -0.39 is 11.4 Å². The summed E-state index contributed by atoms with van der Waals surface area (Å²) in [6.45, 7) is 4.08. The van der Waals surface area contributed by atoms with E-state index in [-0.39, 0.29) is 34.7 Å². The number of amidine groups is 1. The van der Waals surface area contributed by atoms with Gasteiger partial charge in [-0.3, -0.25) is 9.79 Å². The second kappa shape index (κ2) is 8.65. The van der Waals surface area contributed by atoms with Crippen LogP contribution in [0, 0.1) is 31.0 Å². The highest BCUT2D eigenvalue weighted by molar-refractivity contribution is 8.15. The minimum Gasteiger partial charge on any atom is -0.463 e. The number of aromatic nitrogens is 2. The molecule has 2 aromatic rings. The van der Waals surface area contributed by atoms with Crippen molar-refractivity contribution in [1.82, 2.24) is 9.97 Å². The summed E-state index contributed by atoms with van der Waals surface area (Å²) in [6, 6.07) is 3.18. The Morgan fingerprint density at radius 3 is 2.88 bits per heavy atom. The van der Waals surface area contributed by atoms with Crippen LogP contribution in [0.4, 0.5) is 10.1 Å². The van der Waals surface area contributed by atoms with Gasteiger partial charge in [-0.15, -0.1) is 6.42 Å². The molecule has 3 N–H and O–H groups in total. The summed E-state index contributed by atoms with van der Waals surface area (Å²) in [7, 11) is 1.64. The summed E-state index contributed by atoms with van der Waals surface area (Å²) in [6.07, 6.45) is 8.55. The van der Waals surface area contributed by atoms with E-state index in [9.17, 15) is 4.79 Å². The van der Waals surface area contributed by atoms with Gasteiger partial charge in [-0.2, -0.15) is 0 Å². The molecule has 1 aliphatic heterocycles. The first-order valence-electron chi connectivity index (χ1n) is 10.3. The van der Waals surface area contributed by atoms with E-state index in [0.717, 1.165) is 6.42 Å². The number of hydrogen-bond acceptors (Lipinski definition) is 8. The fraction of sp³-hybridized carbons (Fsp3) is 0.391. The van der Waals surface area contributed by atoms with Gasteiger partial charge in [0, 0.05) is 24.3 Å². The number of nitrogens with two attached hydrogens (primary N) is 1. The van der Waals surface area contributed by atoms with Crippen LogP contribution in [-0.4, -0.2) is 46.1 Å². The molecule has 3 atom stereocenters. The highest BCUT2D eigenvalue weighted by Gasteiger charge is 2.66. The Kier molecular flexibility index (Phi) is 6.03. The van der Waals surface area contributed by atoms with Gasteiger partial charge < -0.3 is 20.5 Å². The van der Waals surface area contributed by atoms with Crippen LogP contribution in [0.3, 0.4) is 0 Å². The van der Waals surface area contributed by atoms with Crippen molar-refractivity contribution in [2.75, 3.05) is 25.6 Å². The number of halogens is 1. The number of thioether (sulfide) groups is 1. The Morgan fingerprint density at radius 1 is 1.42 bits per heavy atom. The van der Waals surface area contributed by atoms with Crippen molar-refractivity contribution in [3.8, 4) is 18.2 Å². The molecule has 2 aliphatic rings.